The second-order valence-corrected chi connectivity index (χ2v) is 8.35. The Morgan fingerprint density at radius 3 is 2.33 bits per heavy atom. The van der Waals surface area contributed by atoms with Crippen molar-refractivity contribution in [2.75, 3.05) is 23.7 Å². The molecule has 7 heteroatoms. The van der Waals surface area contributed by atoms with Crippen LogP contribution in [0.15, 0.2) is 66.9 Å². The maximum atomic E-state index is 12.7. The quantitative estimate of drug-likeness (QED) is 0.554. The molecule has 0 radical (unpaired) electrons. The molecule has 1 fully saturated rings. The highest BCUT2D eigenvalue weighted by Gasteiger charge is 2.27. The van der Waals surface area contributed by atoms with Crippen LogP contribution in [0, 0.1) is 19.8 Å². The van der Waals surface area contributed by atoms with Gasteiger partial charge in [-0.2, -0.15) is 0 Å². The second kappa shape index (κ2) is 10.2. The predicted octanol–water partition coefficient (Wildman–Crippen LogP) is 5.37. The molecule has 1 aromatic heterocycles. The first kappa shape index (κ1) is 22.3. The molecule has 4 rings (SSSR count). The van der Waals surface area contributed by atoms with Crippen LogP contribution in [-0.4, -0.2) is 34.9 Å². The molecule has 1 aliphatic rings. The van der Waals surface area contributed by atoms with Gasteiger partial charge < -0.3 is 20.3 Å². The van der Waals surface area contributed by atoms with Gasteiger partial charge in [0.15, 0.2) is 0 Å². The second-order valence-electron chi connectivity index (χ2n) is 8.35. The fourth-order valence-electron chi connectivity index (χ4n) is 3.76. The molecular weight excluding hydrogens is 416 g/mol. The number of likely N-dealkylation sites (tertiary alicyclic amines) is 1. The van der Waals surface area contributed by atoms with E-state index in [-0.39, 0.29) is 17.9 Å². The molecule has 1 aliphatic heterocycles. The highest BCUT2D eigenvalue weighted by Crippen LogP contribution is 2.24. The number of nitrogens with zero attached hydrogens (tertiary/aromatic N) is 2. The first-order valence-corrected chi connectivity index (χ1v) is 11.1. The summed E-state index contributed by atoms with van der Waals surface area (Å²) in [6, 6.07) is 18.6. The maximum Gasteiger partial charge on any atom is 0.321 e. The number of benzene rings is 2. The highest BCUT2D eigenvalue weighted by molar-refractivity contribution is 5.93. The summed E-state index contributed by atoms with van der Waals surface area (Å²) < 4.78 is 5.73. The van der Waals surface area contributed by atoms with Gasteiger partial charge in [0.05, 0.1) is 0 Å². The number of piperidine rings is 1. The molecule has 0 aliphatic carbocycles. The number of rotatable bonds is 5. The molecule has 170 valence electrons. The lowest BCUT2D eigenvalue weighted by Gasteiger charge is -2.31. The van der Waals surface area contributed by atoms with Crippen LogP contribution in [-0.2, 0) is 4.79 Å². The Labute approximate surface area is 193 Å². The van der Waals surface area contributed by atoms with Crippen LogP contribution < -0.4 is 15.4 Å². The van der Waals surface area contributed by atoms with E-state index < -0.39 is 0 Å². The summed E-state index contributed by atoms with van der Waals surface area (Å²) >= 11 is 0. The van der Waals surface area contributed by atoms with Gasteiger partial charge in [-0.1, -0.05) is 18.2 Å². The van der Waals surface area contributed by atoms with E-state index >= 15 is 0 Å². The number of pyridine rings is 1. The Balaban J connectivity index is 1.25. The smallest absolute Gasteiger partial charge is 0.321 e. The average molecular weight is 445 g/mol. The van der Waals surface area contributed by atoms with E-state index in [2.05, 4.69) is 15.6 Å². The van der Waals surface area contributed by atoms with Gasteiger partial charge in [0.25, 0.3) is 0 Å². The number of hydrogen-bond acceptors (Lipinski definition) is 4. The summed E-state index contributed by atoms with van der Waals surface area (Å²) in [6.07, 6.45) is 3.02. The number of aromatic nitrogens is 1. The van der Waals surface area contributed by atoms with Crippen LogP contribution in [0.3, 0.4) is 0 Å². The molecule has 0 atom stereocenters. The van der Waals surface area contributed by atoms with Gasteiger partial charge in [-0.05, 0) is 74.2 Å². The number of urea groups is 1. The zero-order chi connectivity index (χ0) is 23.2. The van der Waals surface area contributed by atoms with Crippen LogP contribution in [0.25, 0.3) is 0 Å². The van der Waals surface area contributed by atoms with Crippen molar-refractivity contribution in [3.63, 3.8) is 0 Å². The first-order valence-electron chi connectivity index (χ1n) is 11.1. The number of carbonyl (C=O) groups is 2. The largest absolute Gasteiger partial charge is 0.439 e. The molecule has 7 nitrogen and oxygen atoms in total. The third-order valence-corrected chi connectivity index (χ3v) is 5.65. The third-order valence-electron chi connectivity index (χ3n) is 5.65. The number of aryl methyl sites for hydroxylation is 2. The minimum atomic E-state index is -0.127. The van der Waals surface area contributed by atoms with Crippen LogP contribution in [0.5, 0.6) is 11.6 Å². The van der Waals surface area contributed by atoms with Crippen LogP contribution >= 0.6 is 0 Å². The van der Waals surface area contributed by atoms with Crippen molar-refractivity contribution in [2.24, 2.45) is 5.92 Å². The molecule has 2 heterocycles. The monoisotopic (exact) mass is 444 g/mol. The highest BCUT2D eigenvalue weighted by atomic mass is 16.5. The van der Waals surface area contributed by atoms with E-state index in [1.165, 1.54) is 0 Å². The van der Waals surface area contributed by atoms with E-state index in [0.717, 1.165) is 16.8 Å². The first-order chi connectivity index (χ1) is 16.0. The Morgan fingerprint density at radius 1 is 0.909 bits per heavy atom. The normalized spacial score (nSPS) is 13.9. The van der Waals surface area contributed by atoms with E-state index in [0.29, 0.717) is 43.2 Å². The van der Waals surface area contributed by atoms with Gasteiger partial charge in [-0.25, -0.2) is 9.78 Å². The molecule has 3 aromatic rings. The SMILES string of the molecule is Cc1ccc(Oc2ccc(NC(=O)C3CCN(C(=O)Nc4cccc(C)c4)CC3)cc2)nc1. The zero-order valence-corrected chi connectivity index (χ0v) is 18.9. The summed E-state index contributed by atoms with van der Waals surface area (Å²) in [6.45, 7) is 5.05. The maximum absolute atomic E-state index is 12.7. The van der Waals surface area contributed by atoms with E-state index in [1.807, 2.05) is 62.4 Å². The number of amides is 3. The van der Waals surface area contributed by atoms with Gasteiger partial charge in [0, 0.05) is 42.6 Å². The Morgan fingerprint density at radius 2 is 1.67 bits per heavy atom. The topological polar surface area (TPSA) is 83.6 Å². The number of hydrogen-bond donors (Lipinski definition) is 2. The van der Waals surface area contributed by atoms with Crippen LogP contribution in [0.1, 0.15) is 24.0 Å². The molecule has 0 saturated carbocycles. The van der Waals surface area contributed by atoms with Crippen LogP contribution in [0.2, 0.25) is 0 Å². The Kier molecular flexibility index (Phi) is 6.88. The van der Waals surface area contributed by atoms with E-state index in [1.54, 1.807) is 23.2 Å². The molecule has 0 unspecified atom stereocenters. The average Bonchev–Trinajstić information content (AvgIpc) is 2.82. The number of carbonyl (C=O) groups excluding carboxylic acids is 2. The molecule has 0 spiro atoms. The number of ether oxygens (including phenoxy) is 1. The molecule has 2 aromatic carbocycles. The van der Waals surface area contributed by atoms with Crippen molar-refractivity contribution in [1.82, 2.24) is 9.88 Å². The summed E-state index contributed by atoms with van der Waals surface area (Å²) in [5, 5.41) is 5.90. The van der Waals surface area contributed by atoms with Crippen molar-refractivity contribution in [1.29, 1.82) is 0 Å². The zero-order valence-electron chi connectivity index (χ0n) is 18.9. The lowest BCUT2D eigenvalue weighted by Crippen LogP contribution is -2.43. The summed E-state index contributed by atoms with van der Waals surface area (Å²) in [7, 11) is 0. The lowest BCUT2D eigenvalue weighted by molar-refractivity contribution is -0.121. The minimum Gasteiger partial charge on any atom is -0.439 e. The molecule has 1 saturated heterocycles. The third kappa shape index (κ3) is 6.10. The number of nitrogens with one attached hydrogen (secondary N) is 2. The van der Waals surface area contributed by atoms with Crippen molar-refractivity contribution in [3.8, 4) is 11.6 Å². The standard InChI is InChI=1S/C26H28N4O3/c1-18-4-3-5-22(16-18)29-26(32)30-14-12-20(13-15-30)25(31)28-21-7-9-23(10-8-21)33-24-11-6-19(2)17-27-24/h3-11,16-17,20H,12-15H2,1-2H3,(H,28,31)(H,29,32). The van der Waals surface area contributed by atoms with Crippen molar-refractivity contribution in [3.05, 3.63) is 78.0 Å². The van der Waals surface area contributed by atoms with Gasteiger partial charge in [-0.15, -0.1) is 0 Å². The number of anilines is 2. The molecular formula is C26H28N4O3. The van der Waals surface area contributed by atoms with Crippen molar-refractivity contribution < 1.29 is 14.3 Å². The van der Waals surface area contributed by atoms with Crippen LogP contribution in [0.4, 0.5) is 16.2 Å². The molecule has 0 bridgehead atoms. The van der Waals surface area contributed by atoms with Gasteiger partial charge >= 0.3 is 6.03 Å². The predicted molar refractivity (Wildman–Crippen MR) is 129 cm³/mol. The van der Waals surface area contributed by atoms with Crippen molar-refractivity contribution in [2.45, 2.75) is 26.7 Å². The van der Waals surface area contributed by atoms with Gasteiger partial charge in [-0.3, -0.25) is 4.79 Å². The molecule has 2 N–H and O–H groups in total. The summed E-state index contributed by atoms with van der Waals surface area (Å²) in [5.41, 5.74) is 3.65. The fraction of sp³-hybridized carbons (Fsp3) is 0.269. The summed E-state index contributed by atoms with van der Waals surface area (Å²) in [5.74, 6) is 1.02. The van der Waals surface area contributed by atoms with Gasteiger partial charge in [0.2, 0.25) is 11.8 Å². The summed E-state index contributed by atoms with van der Waals surface area (Å²) in [4.78, 5) is 31.2. The Hall–Kier alpha value is -3.87. The fourth-order valence-corrected chi connectivity index (χ4v) is 3.76. The molecule has 33 heavy (non-hydrogen) atoms. The Bertz CT molecular complexity index is 1110. The van der Waals surface area contributed by atoms with Gasteiger partial charge in [0.1, 0.15) is 5.75 Å². The van der Waals surface area contributed by atoms with E-state index in [4.69, 9.17) is 4.74 Å². The lowest BCUT2D eigenvalue weighted by atomic mass is 9.96. The minimum absolute atomic E-state index is 0.0254. The van der Waals surface area contributed by atoms with Crippen molar-refractivity contribution >= 4 is 23.3 Å². The molecule has 3 amide bonds. The van der Waals surface area contributed by atoms with E-state index in [9.17, 15) is 9.59 Å².